The van der Waals surface area contributed by atoms with E-state index in [1.165, 1.54) is 6.20 Å². The van der Waals surface area contributed by atoms with Crippen LogP contribution >= 0.6 is 11.6 Å². The van der Waals surface area contributed by atoms with Crippen LogP contribution in [0.1, 0.15) is 25.7 Å². The molecule has 2 N–H and O–H groups in total. The van der Waals surface area contributed by atoms with E-state index in [4.69, 9.17) is 19.4 Å². The first-order valence-corrected chi connectivity index (χ1v) is 5.75. The van der Waals surface area contributed by atoms with Crippen LogP contribution in [0.15, 0.2) is 6.20 Å². The van der Waals surface area contributed by atoms with Crippen LogP contribution in [-0.4, -0.2) is 35.1 Å². The Morgan fingerprint density at radius 3 is 2.75 bits per heavy atom. The molecule has 1 aromatic rings. The molecular formula is C10H13BClN3O. The molecule has 0 saturated heterocycles. The van der Waals surface area contributed by atoms with Gasteiger partial charge in [-0.1, -0.05) is 0 Å². The van der Waals surface area contributed by atoms with Crippen molar-refractivity contribution in [2.45, 2.75) is 37.8 Å². The van der Waals surface area contributed by atoms with Crippen LogP contribution in [0.2, 0.25) is 5.28 Å². The van der Waals surface area contributed by atoms with Crippen LogP contribution in [0.4, 0.5) is 5.82 Å². The summed E-state index contributed by atoms with van der Waals surface area (Å²) in [6.45, 7) is 0. The molecule has 1 heterocycles. The second kappa shape index (κ2) is 5.02. The fourth-order valence-corrected chi connectivity index (χ4v) is 2.03. The minimum Gasteiger partial charge on any atom is -0.393 e. The molecule has 84 valence electrons. The fraction of sp³-hybridized carbons (Fsp3) is 0.600. The van der Waals surface area contributed by atoms with Gasteiger partial charge in [0.1, 0.15) is 13.7 Å². The van der Waals surface area contributed by atoms with Gasteiger partial charge in [-0.2, -0.15) is 0 Å². The van der Waals surface area contributed by atoms with E-state index in [-0.39, 0.29) is 11.4 Å². The summed E-state index contributed by atoms with van der Waals surface area (Å²) in [5, 5.41) is 12.8. The number of rotatable bonds is 2. The van der Waals surface area contributed by atoms with Crippen molar-refractivity contribution in [2.75, 3.05) is 5.32 Å². The Balaban J connectivity index is 2.00. The number of halogens is 1. The molecule has 1 aromatic heterocycles. The molecular weight excluding hydrogens is 224 g/mol. The zero-order valence-corrected chi connectivity index (χ0v) is 9.61. The Morgan fingerprint density at radius 2 is 2.06 bits per heavy atom. The van der Waals surface area contributed by atoms with Crippen molar-refractivity contribution in [3.63, 3.8) is 0 Å². The van der Waals surface area contributed by atoms with Crippen LogP contribution in [-0.2, 0) is 0 Å². The maximum atomic E-state index is 9.39. The van der Waals surface area contributed by atoms with E-state index in [1.807, 2.05) is 0 Å². The summed E-state index contributed by atoms with van der Waals surface area (Å²) in [4.78, 5) is 7.84. The van der Waals surface area contributed by atoms with Gasteiger partial charge in [-0.05, 0) is 42.7 Å². The number of aliphatic hydroxyl groups is 1. The molecule has 0 spiro atoms. The molecule has 2 radical (unpaired) electrons. The predicted octanol–water partition coefficient (Wildman–Crippen LogP) is 0.639. The maximum absolute atomic E-state index is 9.39. The van der Waals surface area contributed by atoms with Gasteiger partial charge in [0.25, 0.3) is 0 Å². The number of nitrogens with zero attached hydrogens (tertiary/aromatic N) is 2. The maximum Gasteiger partial charge on any atom is 0.224 e. The minimum absolute atomic E-state index is 0.163. The highest BCUT2D eigenvalue weighted by atomic mass is 35.5. The Hall–Kier alpha value is -0.805. The van der Waals surface area contributed by atoms with Crippen LogP contribution in [0.25, 0.3) is 0 Å². The third-order valence-corrected chi connectivity index (χ3v) is 3.01. The molecule has 16 heavy (non-hydrogen) atoms. The van der Waals surface area contributed by atoms with Crippen LogP contribution in [0.5, 0.6) is 0 Å². The van der Waals surface area contributed by atoms with Gasteiger partial charge in [0, 0.05) is 12.2 Å². The van der Waals surface area contributed by atoms with Crippen molar-refractivity contribution in [3.8, 4) is 0 Å². The van der Waals surface area contributed by atoms with E-state index >= 15 is 0 Å². The van der Waals surface area contributed by atoms with E-state index in [1.54, 1.807) is 0 Å². The summed E-state index contributed by atoms with van der Waals surface area (Å²) in [5.41, 5.74) is 0.496. The number of hydrogen-bond donors (Lipinski definition) is 2. The van der Waals surface area contributed by atoms with Crippen molar-refractivity contribution >= 4 is 30.7 Å². The van der Waals surface area contributed by atoms with Gasteiger partial charge < -0.3 is 10.4 Å². The average molecular weight is 237 g/mol. The molecule has 6 heteroatoms. The Kier molecular flexibility index (Phi) is 3.66. The first kappa shape index (κ1) is 11.7. The highest BCUT2D eigenvalue weighted by molar-refractivity contribution is 6.35. The van der Waals surface area contributed by atoms with Crippen LogP contribution in [0.3, 0.4) is 0 Å². The Morgan fingerprint density at radius 1 is 1.38 bits per heavy atom. The van der Waals surface area contributed by atoms with Gasteiger partial charge in [0.15, 0.2) is 0 Å². The zero-order chi connectivity index (χ0) is 11.5. The van der Waals surface area contributed by atoms with Gasteiger partial charge in [-0.3, -0.25) is 0 Å². The number of aliphatic hydroxyl groups excluding tert-OH is 1. The Bertz CT molecular complexity index is 369. The second-order valence-corrected chi connectivity index (χ2v) is 4.43. The molecule has 0 unspecified atom stereocenters. The molecule has 1 aliphatic rings. The lowest BCUT2D eigenvalue weighted by Crippen LogP contribution is -2.31. The molecule has 1 saturated carbocycles. The van der Waals surface area contributed by atoms with E-state index in [2.05, 4.69) is 15.3 Å². The third-order valence-electron chi connectivity index (χ3n) is 2.83. The smallest absolute Gasteiger partial charge is 0.224 e. The first-order valence-electron chi connectivity index (χ1n) is 5.38. The van der Waals surface area contributed by atoms with E-state index < -0.39 is 0 Å². The molecule has 0 aromatic carbocycles. The topological polar surface area (TPSA) is 58.0 Å². The van der Waals surface area contributed by atoms with Gasteiger partial charge in [-0.25, -0.2) is 9.97 Å². The molecule has 2 rings (SSSR count). The number of aromatic nitrogens is 2. The standard InChI is InChI=1S/C10H13BClN3O/c11-8-5-13-10(12)15-9(8)14-6-1-3-7(16)4-2-6/h5-7,16H,1-4H2,(H,13,14,15). The fourth-order valence-electron chi connectivity index (χ4n) is 1.90. The minimum atomic E-state index is -0.163. The van der Waals surface area contributed by atoms with Crippen molar-refractivity contribution in [2.24, 2.45) is 0 Å². The van der Waals surface area contributed by atoms with Gasteiger partial charge in [-0.15, -0.1) is 0 Å². The van der Waals surface area contributed by atoms with Crippen molar-refractivity contribution in [1.29, 1.82) is 0 Å². The van der Waals surface area contributed by atoms with Gasteiger partial charge in [0.05, 0.1) is 6.10 Å². The lowest BCUT2D eigenvalue weighted by atomic mass is 9.92. The van der Waals surface area contributed by atoms with E-state index in [0.717, 1.165) is 25.7 Å². The normalized spacial score (nSPS) is 25.4. The largest absolute Gasteiger partial charge is 0.393 e. The molecule has 0 atom stereocenters. The molecule has 0 amide bonds. The zero-order valence-electron chi connectivity index (χ0n) is 8.86. The quantitative estimate of drug-likeness (QED) is 0.585. The van der Waals surface area contributed by atoms with Gasteiger partial charge >= 0.3 is 0 Å². The van der Waals surface area contributed by atoms with E-state index in [0.29, 0.717) is 17.3 Å². The summed E-state index contributed by atoms with van der Waals surface area (Å²) in [6, 6.07) is 0.302. The monoisotopic (exact) mass is 237 g/mol. The predicted molar refractivity (Wildman–Crippen MR) is 64.3 cm³/mol. The summed E-state index contributed by atoms with van der Waals surface area (Å²) in [6.07, 6.45) is 4.80. The Labute approximate surface area is 101 Å². The third kappa shape index (κ3) is 2.86. The van der Waals surface area contributed by atoms with Crippen molar-refractivity contribution in [3.05, 3.63) is 11.5 Å². The van der Waals surface area contributed by atoms with E-state index in [9.17, 15) is 5.11 Å². The van der Waals surface area contributed by atoms with Crippen molar-refractivity contribution < 1.29 is 5.11 Å². The van der Waals surface area contributed by atoms with Crippen molar-refractivity contribution in [1.82, 2.24) is 9.97 Å². The lowest BCUT2D eigenvalue weighted by molar-refractivity contribution is 0.126. The molecule has 0 bridgehead atoms. The number of anilines is 1. The van der Waals surface area contributed by atoms with Crippen LogP contribution in [0, 0.1) is 0 Å². The summed E-state index contributed by atoms with van der Waals surface area (Å²) in [7, 11) is 5.74. The number of hydrogen-bond acceptors (Lipinski definition) is 4. The average Bonchev–Trinajstić information content (AvgIpc) is 2.27. The van der Waals surface area contributed by atoms with Gasteiger partial charge in [0.2, 0.25) is 5.28 Å². The number of nitrogens with one attached hydrogen (secondary N) is 1. The molecule has 0 aliphatic heterocycles. The first-order chi connectivity index (χ1) is 7.65. The molecule has 4 nitrogen and oxygen atoms in total. The highest BCUT2D eigenvalue weighted by Gasteiger charge is 2.19. The lowest BCUT2D eigenvalue weighted by Gasteiger charge is -2.27. The summed E-state index contributed by atoms with van der Waals surface area (Å²) in [5.74, 6) is 0.585. The molecule has 1 aliphatic carbocycles. The molecule has 1 fully saturated rings. The summed E-state index contributed by atoms with van der Waals surface area (Å²) < 4.78 is 0. The highest BCUT2D eigenvalue weighted by Crippen LogP contribution is 2.20. The second-order valence-electron chi connectivity index (χ2n) is 4.09. The SMILES string of the molecule is [B]c1cnc(Cl)nc1NC1CCC(O)CC1. The summed E-state index contributed by atoms with van der Waals surface area (Å²) >= 11 is 5.70. The van der Waals surface area contributed by atoms with Crippen LogP contribution < -0.4 is 10.8 Å².